The van der Waals surface area contributed by atoms with Crippen LogP contribution in [-0.2, 0) is 15.0 Å². The summed E-state index contributed by atoms with van der Waals surface area (Å²) < 4.78 is 5.02. The number of benzene rings is 1. The van der Waals surface area contributed by atoms with Crippen LogP contribution in [0.25, 0.3) is 0 Å². The first-order valence-electron chi connectivity index (χ1n) is 10.8. The summed E-state index contributed by atoms with van der Waals surface area (Å²) in [5, 5.41) is 2.65. The topological polar surface area (TPSA) is 109 Å². The van der Waals surface area contributed by atoms with E-state index in [1.165, 1.54) is 22.3 Å². The Kier molecular flexibility index (Phi) is 7.45. The lowest BCUT2D eigenvalue weighted by molar-refractivity contribution is -0.131. The Bertz CT molecular complexity index is 1120. The van der Waals surface area contributed by atoms with Gasteiger partial charge in [0.25, 0.3) is 5.91 Å². The maximum absolute atomic E-state index is 13.6. The molecule has 0 aliphatic heterocycles. The quantitative estimate of drug-likeness (QED) is 0.577. The van der Waals surface area contributed by atoms with E-state index in [1.807, 2.05) is 12.1 Å². The Balaban J connectivity index is 2.09. The molecule has 0 aliphatic rings. The highest BCUT2D eigenvalue weighted by Gasteiger charge is 2.35. The molecule has 2 aromatic heterocycles. The van der Waals surface area contributed by atoms with E-state index in [1.54, 1.807) is 44.6 Å². The third kappa shape index (κ3) is 5.67. The number of nitrogens with one attached hydrogen (secondary N) is 1. The summed E-state index contributed by atoms with van der Waals surface area (Å²) in [4.78, 5) is 50.0. The standard InChI is InChI=1S/C25H29N5O4/c1-25(2,3)18-8-10-19(11-9-18)30(24(33)20-15-34-16-28-20)22(17-7-6-12-26-13-17)23(32)27-14-21(31)29(4)5/h6-13,15-16,22H,14H2,1-5H3,(H,27,32). The summed E-state index contributed by atoms with van der Waals surface area (Å²) in [7, 11) is 3.20. The SMILES string of the molecule is CN(C)C(=O)CNC(=O)C(c1cccnc1)N(C(=O)c1cocn1)c1ccc(C(C)(C)C)cc1. The largest absolute Gasteiger partial charge is 0.451 e. The normalized spacial score (nSPS) is 12.0. The lowest BCUT2D eigenvalue weighted by Gasteiger charge is -2.31. The number of amides is 3. The van der Waals surface area contributed by atoms with Crippen LogP contribution < -0.4 is 10.2 Å². The van der Waals surface area contributed by atoms with Crippen LogP contribution in [0.1, 0.15) is 48.4 Å². The van der Waals surface area contributed by atoms with Gasteiger partial charge in [-0.25, -0.2) is 4.98 Å². The molecule has 1 aromatic carbocycles. The van der Waals surface area contributed by atoms with Crippen molar-refractivity contribution < 1.29 is 18.8 Å². The van der Waals surface area contributed by atoms with Gasteiger partial charge in [-0.15, -0.1) is 0 Å². The van der Waals surface area contributed by atoms with Crippen molar-refractivity contribution in [2.75, 3.05) is 25.5 Å². The molecular weight excluding hydrogens is 434 g/mol. The summed E-state index contributed by atoms with van der Waals surface area (Å²) >= 11 is 0. The van der Waals surface area contributed by atoms with Crippen molar-refractivity contribution in [3.63, 3.8) is 0 Å². The Morgan fingerprint density at radius 1 is 1.09 bits per heavy atom. The molecule has 9 heteroatoms. The number of rotatable bonds is 7. The van der Waals surface area contributed by atoms with Gasteiger partial charge < -0.3 is 14.6 Å². The Labute approximate surface area is 198 Å². The number of likely N-dealkylation sites (N-methyl/N-ethyl adjacent to an activating group) is 1. The van der Waals surface area contributed by atoms with Crippen LogP contribution in [-0.4, -0.2) is 53.2 Å². The number of hydrogen-bond donors (Lipinski definition) is 1. The lowest BCUT2D eigenvalue weighted by Crippen LogP contribution is -2.46. The van der Waals surface area contributed by atoms with E-state index >= 15 is 0 Å². The first-order chi connectivity index (χ1) is 16.1. The third-order valence-electron chi connectivity index (χ3n) is 5.30. The molecule has 178 valence electrons. The van der Waals surface area contributed by atoms with Crippen LogP contribution >= 0.6 is 0 Å². The van der Waals surface area contributed by atoms with Gasteiger partial charge in [0.15, 0.2) is 12.1 Å². The molecule has 34 heavy (non-hydrogen) atoms. The van der Waals surface area contributed by atoms with Crippen molar-refractivity contribution in [3.8, 4) is 0 Å². The number of aromatic nitrogens is 2. The van der Waals surface area contributed by atoms with Gasteiger partial charge in [0.2, 0.25) is 11.8 Å². The fraction of sp³-hybridized carbons (Fsp3) is 0.320. The second-order valence-electron chi connectivity index (χ2n) is 9.04. The van der Waals surface area contributed by atoms with E-state index in [4.69, 9.17) is 4.42 Å². The average Bonchev–Trinajstić information content (AvgIpc) is 3.35. The zero-order valence-electron chi connectivity index (χ0n) is 20.0. The van der Waals surface area contributed by atoms with Crippen LogP contribution in [0.2, 0.25) is 0 Å². The predicted octanol–water partition coefficient (Wildman–Crippen LogP) is 2.96. The highest BCUT2D eigenvalue weighted by atomic mass is 16.3. The maximum atomic E-state index is 13.6. The van der Waals surface area contributed by atoms with Crippen molar-refractivity contribution >= 4 is 23.4 Å². The predicted molar refractivity (Wildman–Crippen MR) is 127 cm³/mol. The van der Waals surface area contributed by atoms with Crippen molar-refractivity contribution in [1.82, 2.24) is 20.2 Å². The molecule has 0 spiro atoms. The Hall–Kier alpha value is -4.01. The van der Waals surface area contributed by atoms with Gasteiger partial charge in [-0.2, -0.15) is 0 Å². The molecule has 1 unspecified atom stereocenters. The number of pyridine rings is 1. The molecule has 0 saturated heterocycles. The molecule has 0 fully saturated rings. The molecule has 3 amide bonds. The van der Waals surface area contributed by atoms with Crippen LogP contribution in [0.5, 0.6) is 0 Å². The van der Waals surface area contributed by atoms with Gasteiger partial charge in [0.05, 0.1) is 6.54 Å². The Morgan fingerprint density at radius 2 is 1.79 bits per heavy atom. The smallest absolute Gasteiger partial charge is 0.281 e. The van der Waals surface area contributed by atoms with Crippen LogP contribution in [0.3, 0.4) is 0 Å². The number of nitrogens with zero attached hydrogens (tertiary/aromatic N) is 4. The molecule has 2 heterocycles. The summed E-state index contributed by atoms with van der Waals surface area (Å²) in [6.45, 7) is 6.06. The first kappa shape index (κ1) is 24.6. The minimum absolute atomic E-state index is 0.0472. The molecule has 0 bridgehead atoms. The highest BCUT2D eigenvalue weighted by Crippen LogP contribution is 2.31. The molecule has 0 radical (unpaired) electrons. The van der Waals surface area contributed by atoms with E-state index in [2.05, 4.69) is 36.1 Å². The van der Waals surface area contributed by atoms with E-state index in [0.29, 0.717) is 11.3 Å². The molecule has 9 nitrogen and oxygen atoms in total. The van der Waals surface area contributed by atoms with Crippen LogP contribution in [0, 0.1) is 0 Å². The van der Waals surface area contributed by atoms with E-state index in [0.717, 1.165) is 12.0 Å². The minimum atomic E-state index is -1.10. The molecule has 1 atom stereocenters. The van der Waals surface area contributed by atoms with Gasteiger partial charge in [-0.1, -0.05) is 39.0 Å². The van der Waals surface area contributed by atoms with Crippen LogP contribution in [0.15, 0.2) is 65.9 Å². The van der Waals surface area contributed by atoms with Gasteiger partial charge in [-0.3, -0.25) is 24.3 Å². The summed E-state index contributed by atoms with van der Waals surface area (Å²) in [6, 6.07) is 9.71. The van der Waals surface area contributed by atoms with Crippen molar-refractivity contribution in [3.05, 3.63) is 78.3 Å². The van der Waals surface area contributed by atoms with E-state index in [9.17, 15) is 14.4 Å². The minimum Gasteiger partial charge on any atom is -0.451 e. The van der Waals surface area contributed by atoms with Crippen molar-refractivity contribution in [1.29, 1.82) is 0 Å². The summed E-state index contributed by atoms with van der Waals surface area (Å²) in [5.41, 5.74) is 2.00. The lowest BCUT2D eigenvalue weighted by atomic mass is 9.87. The monoisotopic (exact) mass is 463 g/mol. The van der Waals surface area contributed by atoms with Gasteiger partial charge >= 0.3 is 0 Å². The van der Waals surface area contributed by atoms with Gasteiger partial charge in [0.1, 0.15) is 12.3 Å². The average molecular weight is 464 g/mol. The van der Waals surface area contributed by atoms with E-state index in [-0.39, 0.29) is 23.6 Å². The number of carbonyl (C=O) groups is 3. The third-order valence-corrected chi connectivity index (χ3v) is 5.30. The van der Waals surface area contributed by atoms with Crippen molar-refractivity contribution in [2.24, 2.45) is 0 Å². The number of carbonyl (C=O) groups excluding carboxylic acids is 3. The maximum Gasteiger partial charge on any atom is 0.281 e. The molecule has 3 rings (SSSR count). The van der Waals surface area contributed by atoms with E-state index < -0.39 is 17.9 Å². The summed E-state index contributed by atoms with van der Waals surface area (Å²) in [5.74, 6) is -1.33. The molecule has 1 N–H and O–H groups in total. The fourth-order valence-electron chi connectivity index (χ4n) is 3.32. The second kappa shape index (κ2) is 10.3. The van der Waals surface area contributed by atoms with Crippen LogP contribution in [0.4, 0.5) is 5.69 Å². The van der Waals surface area contributed by atoms with Gasteiger partial charge in [-0.05, 0) is 29.2 Å². The number of hydrogen-bond acceptors (Lipinski definition) is 6. The first-order valence-corrected chi connectivity index (χ1v) is 10.8. The molecular formula is C25H29N5O4. The summed E-state index contributed by atoms with van der Waals surface area (Å²) in [6.07, 6.45) is 5.48. The molecule has 0 saturated carbocycles. The van der Waals surface area contributed by atoms with Crippen molar-refractivity contribution in [2.45, 2.75) is 32.2 Å². The number of oxazole rings is 1. The Morgan fingerprint density at radius 3 is 2.32 bits per heavy atom. The zero-order valence-corrected chi connectivity index (χ0v) is 20.0. The number of anilines is 1. The second-order valence-corrected chi connectivity index (χ2v) is 9.04. The van der Waals surface area contributed by atoms with Gasteiger partial charge in [0, 0.05) is 37.7 Å². The zero-order chi connectivity index (χ0) is 24.9. The fourth-order valence-corrected chi connectivity index (χ4v) is 3.32. The molecule has 0 aliphatic carbocycles. The highest BCUT2D eigenvalue weighted by molar-refractivity contribution is 6.09. The molecule has 3 aromatic rings.